The zero-order chi connectivity index (χ0) is 13.1. The van der Waals surface area contributed by atoms with Gasteiger partial charge in [-0.25, -0.2) is 8.78 Å². The van der Waals surface area contributed by atoms with Gasteiger partial charge in [-0.15, -0.1) is 0 Å². The van der Waals surface area contributed by atoms with Crippen molar-refractivity contribution in [3.63, 3.8) is 0 Å². The fraction of sp³-hybridized carbons (Fsp3) is 0.0714. The highest BCUT2D eigenvalue weighted by molar-refractivity contribution is 5.95. The predicted octanol–water partition coefficient (Wildman–Crippen LogP) is 3.91. The minimum atomic E-state index is -0.539. The van der Waals surface area contributed by atoms with Gasteiger partial charge in [-0.3, -0.25) is 4.79 Å². The molecular weight excluding hydrogens is 236 g/mol. The first-order valence-electron chi connectivity index (χ1n) is 5.40. The topological polar surface area (TPSA) is 29.1 Å². The number of nitrogens with one attached hydrogen (secondary N) is 1. The van der Waals surface area contributed by atoms with Gasteiger partial charge in [0.25, 0.3) is 0 Å². The molecule has 0 atom stereocenters. The van der Waals surface area contributed by atoms with Crippen molar-refractivity contribution in [1.82, 2.24) is 0 Å². The molecule has 0 saturated carbocycles. The van der Waals surface area contributed by atoms with Crippen molar-refractivity contribution in [3.05, 3.63) is 59.7 Å². The van der Waals surface area contributed by atoms with Crippen molar-refractivity contribution >= 4 is 17.2 Å². The van der Waals surface area contributed by atoms with Crippen LogP contribution in [-0.2, 0) is 0 Å². The van der Waals surface area contributed by atoms with E-state index in [-0.39, 0.29) is 17.2 Å². The molecule has 2 nitrogen and oxygen atoms in total. The normalized spacial score (nSPS) is 10.2. The van der Waals surface area contributed by atoms with Crippen LogP contribution in [-0.4, -0.2) is 5.78 Å². The molecule has 0 aliphatic heterocycles. The summed E-state index contributed by atoms with van der Waals surface area (Å²) in [7, 11) is 0. The average molecular weight is 247 g/mol. The fourth-order valence-electron chi connectivity index (χ4n) is 1.55. The third kappa shape index (κ3) is 2.53. The maximum Gasteiger partial charge on any atom is 0.159 e. The van der Waals surface area contributed by atoms with E-state index in [2.05, 4.69) is 5.32 Å². The van der Waals surface area contributed by atoms with Crippen LogP contribution in [0, 0.1) is 11.6 Å². The van der Waals surface area contributed by atoms with Crippen LogP contribution < -0.4 is 5.32 Å². The zero-order valence-electron chi connectivity index (χ0n) is 9.71. The summed E-state index contributed by atoms with van der Waals surface area (Å²) < 4.78 is 27.0. The van der Waals surface area contributed by atoms with Crippen LogP contribution in [0.25, 0.3) is 0 Å². The van der Waals surface area contributed by atoms with Crippen molar-refractivity contribution in [1.29, 1.82) is 0 Å². The van der Waals surface area contributed by atoms with E-state index < -0.39 is 11.6 Å². The molecule has 2 rings (SSSR count). The summed E-state index contributed by atoms with van der Waals surface area (Å²) in [6.07, 6.45) is 0. The SMILES string of the molecule is CC(=O)c1ccc(F)c(Nc2ccccc2F)c1. The molecule has 0 radical (unpaired) electrons. The molecule has 18 heavy (non-hydrogen) atoms. The highest BCUT2D eigenvalue weighted by atomic mass is 19.1. The number of rotatable bonds is 3. The van der Waals surface area contributed by atoms with Gasteiger partial charge in [-0.2, -0.15) is 0 Å². The number of hydrogen-bond acceptors (Lipinski definition) is 2. The number of Topliss-reactive ketones (excluding diaryl/α,β-unsaturated/α-hetero) is 1. The number of hydrogen-bond donors (Lipinski definition) is 1. The summed E-state index contributed by atoms with van der Waals surface area (Å²) in [6.45, 7) is 1.39. The Kier molecular flexibility index (Phi) is 3.37. The van der Waals surface area contributed by atoms with Crippen LogP contribution in [0.5, 0.6) is 0 Å². The van der Waals surface area contributed by atoms with E-state index in [0.717, 1.165) is 0 Å². The van der Waals surface area contributed by atoms with Gasteiger partial charge in [0.1, 0.15) is 11.6 Å². The standard InChI is InChI=1S/C14H11F2NO/c1-9(18)10-6-7-12(16)14(8-10)17-13-5-3-2-4-11(13)15/h2-8,17H,1H3. The smallest absolute Gasteiger partial charge is 0.159 e. The number of benzene rings is 2. The molecule has 0 aliphatic carbocycles. The van der Waals surface area contributed by atoms with E-state index in [9.17, 15) is 13.6 Å². The van der Waals surface area contributed by atoms with E-state index in [1.807, 2.05) is 0 Å². The number of carbonyl (C=O) groups excluding carboxylic acids is 1. The molecule has 4 heteroatoms. The van der Waals surface area contributed by atoms with Gasteiger partial charge in [-0.1, -0.05) is 12.1 Å². The van der Waals surface area contributed by atoms with E-state index in [4.69, 9.17) is 0 Å². The minimum Gasteiger partial charge on any atom is -0.351 e. The minimum absolute atomic E-state index is 0.0767. The molecule has 2 aromatic rings. The lowest BCUT2D eigenvalue weighted by Gasteiger charge is -2.09. The van der Waals surface area contributed by atoms with Crippen LogP contribution in [0.3, 0.4) is 0 Å². The third-order valence-electron chi connectivity index (χ3n) is 2.52. The first-order chi connectivity index (χ1) is 8.58. The van der Waals surface area contributed by atoms with Gasteiger partial charge in [0.05, 0.1) is 11.4 Å². The molecule has 1 N–H and O–H groups in total. The summed E-state index contributed by atoms with van der Waals surface area (Å²) in [5.41, 5.74) is 0.611. The Balaban J connectivity index is 2.37. The third-order valence-corrected chi connectivity index (χ3v) is 2.52. The second kappa shape index (κ2) is 4.96. The predicted molar refractivity (Wildman–Crippen MR) is 66.1 cm³/mol. The second-order valence-corrected chi connectivity index (χ2v) is 3.86. The van der Waals surface area contributed by atoms with Crippen LogP contribution in [0.4, 0.5) is 20.2 Å². The first-order valence-corrected chi connectivity index (χ1v) is 5.40. The van der Waals surface area contributed by atoms with Crippen LogP contribution in [0.2, 0.25) is 0 Å². The van der Waals surface area contributed by atoms with E-state index >= 15 is 0 Å². The van der Waals surface area contributed by atoms with Gasteiger partial charge < -0.3 is 5.32 Å². The second-order valence-electron chi connectivity index (χ2n) is 3.86. The Labute approximate surface area is 103 Å². The summed E-state index contributed by atoms with van der Waals surface area (Å²) in [4.78, 5) is 11.2. The number of halogens is 2. The fourth-order valence-corrected chi connectivity index (χ4v) is 1.55. The molecule has 0 saturated heterocycles. The number of anilines is 2. The lowest BCUT2D eigenvalue weighted by atomic mass is 10.1. The Morgan fingerprint density at radius 3 is 2.33 bits per heavy atom. The van der Waals surface area contributed by atoms with Gasteiger partial charge in [0, 0.05) is 5.56 Å². The summed E-state index contributed by atoms with van der Waals surface area (Å²) in [5, 5.41) is 2.63. The largest absolute Gasteiger partial charge is 0.351 e. The molecule has 2 aromatic carbocycles. The van der Waals surface area contributed by atoms with Gasteiger partial charge >= 0.3 is 0 Å². The lowest BCUT2D eigenvalue weighted by Crippen LogP contribution is -1.99. The van der Waals surface area contributed by atoms with Crippen LogP contribution >= 0.6 is 0 Å². The lowest BCUT2D eigenvalue weighted by molar-refractivity contribution is 0.101. The molecule has 0 bridgehead atoms. The monoisotopic (exact) mass is 247 g/mol. The Bertz CT molecular complexity index is 596. The zero-order valence-corrected chi connectivity index (χ0v) is 9.71. The van der Waals surface area contributed by atoms with Gasteiger partial charge in [0.15, 0.2) is 5.78 Å². The maximum absolute atomic E-state index is 13.6. The number of carbonyl (C=O) groups is 1. The first kappa shape index (κ1) is 12.2. The van der Waals surface area contributed by atoms with Crippen LogP contribution in [0.15, 0.2) is 42.5 Å². The molecule has 0 spiro atoms. The van der Waals surface area contributed by atoms with E-state index in [1.54, 1.807) is 12.1 Å². The molecule has 0 fully saturated rings. The van der Waals surface area contributed by atoms with Crippen molar-refractivity contribution in [2.45, 2.75) is 6.92 Å². The highest BCUT2D eigenvalue weighted by Crippen LogP contribution is 2.23. The van der Waals surface area contributed by atoms with E-state index in [0.29, 0.717) is 5.56 Å². The molecule has 0 aliphatic rings. The number of para-hydroxylation sites is 1. The van der Waals surface area contributed by atoms with E-state index in [1.165, 1.54) is 37.3 Å². The average Bonchev–Trinajstić information content (AvgIpc) is 2.34. The van der Waals surface area contributed by atoms with Crippen molar-refractivity contribution in [3.8, 4) is 0 Å². The Hall–Kier alpha value is -2.23. The summed E-state index contributed by atoms with van der Waals surface area (Å²) >= 11 is 0. The molecule has 0 heterocycles. The Morgan fingerprint density at radius 1 is 1.00 bits per heavy atom. The number of ketones is 1. The maximum atomic E-state index is 13.6. The highest BCUT2D eigenvalue weighted by Gasteiger charge is 2.08. The van der Waals surface area contributed by atoms with Crippen molar-refractivity contribution in [2.75, 3.05) is 5.32 Å². The molecule has 0 aromatic heterocycles. The van der Waals surface area contributed by atoms with Crippen molar-refractivity contribution in [2.24, 2.45) is 0 Å². The summed E-state index contributed by atoms with van der Waals surface area (Å²) in [6, 6.07) is 9.89. The van der Waals surface area contributed by atoms with Crippen LogP contribution in [0.1, 0.15) is 17.3 Å². The van der Waals surface area contributed by atoms with Gasteiger partial charge in [0.2, 0.25) is 0 Å². The molecule has 0 unspecified atom stereocenters. The molecule has 0 amide bonds. The molecule has 92 valence electrons. The van der Waals surface area contributed by atoms with Crippen molar-refractivity contribution < 1.29 is 13.6 Å². The van der Waals surface area contributed by atoms with Gasteiger partial charge in [-0.05, 0) is 37.3 Å². The molecular formula is C14H11F2NO. The quantitative estimate of drug-likeness (QED) is 0.833. The Morgan fingerprint density at radius 2 is 1.67 bits per heavy atom. The summed E-state index contributed by atoms with van der Waals surface area (Å²) in [5.74, 6) is -1.19.